The largest absolute Gasteiger partial charge is 0.416 e. The van der Waals surface area contributed by atoms with Gasteiger partial charge in [-0.15, -0.1) is 0 Å². The first kappa shape index (κ1) is 14.4. The Morgan fingerprint density at radius 1 is 0.773 bits per heavy atom. The summed E-state index contributed by atoms with van der Waals surface area (Å²) in [6.07, 6.45) is -4.31. The number of hydrogen-bond donors (Lipinski definition) is 0. The van der Waals surface area contributed by atoms with E-state index in [1.807, 2.05) is 54.0 Å². The standard InChI is InChI=1S/C18H14F3N/c1-13-7-12-17(22(13)16-5-3-2-4-6-16)14-8-10-15(11-9-14)18(19,20)21/h2-12H,1H3. The Morgan fingerprint density at radius 3 is 2.00 bits per heavy atom. The number of aromatic nitrogens is 1. The molecule has 0 fully saturated rings. The van der Waals surface area contributed by atoms with Crippen LogP contribution in [0.2, 0.25) is 0 Å². The number of hydrogen-bond acceptors (Lipinski definition) is 0. The topological polar surface area (TPSA) is 4.93 Å². The molecule has 0 aliphatic heterocycles. The van der Waals surface area contributed by atoms with Crippen molar-refractivity contribution >= 4 is 0 Å². The Bertz CT molecular complexity index is 768. The van der Waals surface area contributed by atoms with Crippen molar-refractivity contribution in [2.45, 2.75) is 13.1 Å². The molecular weight excluding hydrogens is 287 g/mol. The van der Waals surface area contributed by atoms with Crippen LogP contribution < -0.4 is 0 Å². The summed E-state index contributed by atoms with van der Waals surface area (Å²) in [6, 6.07) is 18.9. The van der Waals surface area contributed by atoms with Crippen molar-refractivity contribution in [3.05, 3.63) is 78.0 Å². The van der Waals surface area contributed by atoms with Gasteiger partial charge in [-0.1, -0.05) is 30.3 Å². The summed E-state index contributed by atoms with van der Waals surface area (Å²) in [5.41, 5.74) is 3.01. The molecule has 0 aliphatic rings. The zero-order valence-electron chi connectivity index (χ0n) is 11.9. The fraction of sp³-hybridized carbons (Fsp3) is 0.111. The second kappa shape index (κ2) is 5.37. The van der Waals surface area contributed by atoms with Gasteiger partial charge in [-0.2, -0.15) is 13.2 Å². The number of benzene rings is 2. The molecule has 0 bridgehead atoms. The Hall–Kier alpha value is -2.49. The zero-order valence-corrected chi connectivity index (χ0v) is 11.9. The van der Waals surface area contributed by atoms with E-state index in [1.165, 1.54) is 12.1 Å². The third-order valence-electron chi connectivity index (χ3n) is 3.60. The van der Waals surface area contributed by atoms with E-state index in [2.05, 4.69) is 0 Å². The van der Waals surface area contributed by atoms with E-state index in [0.29, 0.717) is 0 Å². The summed E-state index contributed by atoms with van der Waals surface area (Å²) in [7, 11) is 0. The number of nitrogens with zero attached hydrogens (tertiary/aromatic N) is 1. The lowest BCUT2D eigenvalue weighted by molar-refractivity contribution is -0.137. The van der Waals surface area contributed by atoms with E-state index in [1.54, 1.807) is 0 Å². The molecule has 3 rings (SSSR count). The summed E-state index contributed by atoms with van der Waals surface area (Å²) in [5.74, 6) is 0. The highest BCUT2D eigenvalue weighted by Gasteiger charge is 2.30. The lowest BCUT2D eigenvalue weighted by Gasteiger charge is -2.13. The number of rotatable bonds is 2. The van der Waals surface area contributed by atoms with Gasteiger partial charge in [0.15, 0.2) is 0 Å². The highest BCUT2D eigenvalue weighted by molar-refractivity contribution is 5.64. The van der Waals surface area contributed by atoms with E-state index in [4.69, 9.17) is 0 Å². The van der Waals surface area contributed by atoms with Crippen molar-refractivity contribution in [1.29, 1.82) is 0 Å². The lowest BCUT2D eigenvalue weighted by Crippen LogP contribution is -2.04. The molecule has 0 spiro atoms. The minimum absolute atomic E-state index is 0.634. The van der Waals surface area contributed by atoms with Gasteiger partial charge in [0.1, 0.15) is 0 Å². The maximum Gasteiger partial charge on any atom is 0.416 e. The molecule has 0 saturated heterocycles. The molecule has 0 amide bonds. The molecular formula is C18H14F3N. The third-order valence-corrected chi connectivity index (χ3v) is 3.60. The summed E-state index contributed by atoms with van der Waals surface area (Å²) in [6.45, 7) is 1.97. The minimum atomic E-state index is -4.31. The van der Waals surface area contributed by atoms with Crippen LogP contribution in [-0.4, -0.2) is 4.57 Å². The molecule has 22 heavy (non-hydrogen) atoms. The quantitative estimate of drug-likeness (QED) is 0.591. The third kappa shape index (κ3) is 2.64. The number of halogens is 3. The lowest BCUT2D eigenvalue weighted by atomic mass is 10.1. The first-order chi connectivity index (χ1) is 10.5. The maximum absolute atomic E-state index is 12.7. The van der Waals surface area contributed by atoms with Gasteiger partial charge in [0.25, 0.3) is 0 Å². The molecule has 2 aromatic carbocycles. The molecule has 0 unspecified atom stereocenters. The van der Waals surface area contributed by atoms with Crippen molar-refractivity contribution in [3.63, 3.8) is 0 Å². The Balaban J connectivity index is 2.07. The van der Waals surface area contributed by atoms with Crippen LogP contribution >= 0.6 is 0 Å². The van der Waals surface area contributed by atoms with Crippen LogP contribution in [0.1, 0.15) is 11.3 Å². The van der Waals surface area contributed by atoms with Gasteiger partial charge in [-0.3, -0.25) is 0 Å². The van der Waals surface area contributed by atoms with Crippen LogP contribution in [0.5, 0.6) is 0 Å². The fourth-order valence-corrected chi connectivity index (χ4v) is 2.51. The second-order valence-corrected chi connectivity index (χ2v) is 5.11. The zero-order chi connectivity index (χ0) is 15.7. The molecule has 1 aromatic heterocycles. The number of aryl methyl sites for hydroxylation is 1. The van der Waals surface area contributed by atoms with E-state index in [-0.39, 0.29) is 0 Å². The van der Waals surface area contributed by atoms with Gasteiger partial charge < -0.3 is 4.57 Å². The SMILES string of the molecule is Cc1ccc(-c2ccc(C(F)(F)F)cc2)n1-c1ccccc1. The first-order valence-corrected chi connectivity index (χ1v) is 6.88. The first-order valence-electron chi connectivity index (χ1n) is 6.88. The summed E-state index contributed by atoms with van der Waals surface area (Å²) in [5, 5.41) is 0. The van der Waals surface area contributed by atoms with E-state index in [0.717, 1.165) is 34.8 Å². The van der Waals surface area contributed by atoms with Gasteiger partial charge >= 0.3 is 6.18 Å². The summed E-state index contributed by atoms with van der Waals surface area (Å²) in [4.78, 5) is 0. The van der Waals surface area contributed by atoms with Crippen molar-refractivity contribution in [1.82, 2.24) is 4.57 Å². The van der Waals surface area contributed by atoms with Crippen LogP contribution in [0.25, 0.3) is 16.9 Å². The molecule has 1 nitrogen and oxygen atoms in total. The van der Waals surface area contributed by atoms with E-state index in [9.17, 15) is 13.2 Å². The summed E-state index contributed by atoms with van der Waals surface area (Å²) >= 11 is 0. The molecule has 4 heteroatoms. The molecule has 112 valence electrons. The highest BCUT2D eigenvalue weighted by Crippen LogP contribution is 2.32. The average molecular weight is 301 g/mol. The van der Waals surface area contributed by atoms with Gasteiger partial charge in [0.2, 0.25) is 0 Å². The van der Waals surface area contributed by atoms with Crippen LogP contribution in [0.4, 0.5) is 13.2 Å². The number of alkyl halides is 3. The van der Waals surface area contributed by atoms with Crippen molar-refractivity contribution in [2.24, 2.45) is 0 Å². The van der Waals surface area contributed by atoms with Crippen molar-refractivity contribution < 1.29 is 13.2 Å². The predicted octanol–water partition coefficient (Wildman–Crippen LogP) is 5.47. The van der Waals surface area contributed by atoms with Crippen LogP contribution in [0, 0.1) is 6.92 Å². The Labute approximate surface area is 126 Å². The molecule has 0 atom stereocenters. The predicted molar refractivity (Wildman–Crippen MR) is 80.9 cm³/mol. The van der Waals surface area contributed by atoms with E-state index < -0.39 is 11.7 Å². The van der Waals surface area contributed by atoms with Crippen LogP contribution in [0.3, 0.4) is 0 Å². The molecule has 0 saturated carbocycles. The molecule has 0 aliphatic carbocycles. The Morgan fingerprint density at radius 2 is 1.41 bits per heavy atom. The van der Waals surface area contributed by atoms with Crippen LogP contribution in [0.15, 0.2) is 66.7 Å². The monoisotopic (exact) mass is 301 g/mol. The van der Waals surface area contributed by atoms with Gasteiger partial charge in [-0.25, -0.2) is 0 Å². The van der Waals surface area contributed by atoms with Crippen molar-refractivity contribution in [3.8, 4) is 16.9 Å². The average Bonchev–Trinajstić information content (AvgIpc) is 2.89. The highest BCUT2D eigenvalue weighted by atomic mass is 19.4. The molecule has 1 heterocycles. The normalized spacial score (nSPS) is 11.6. The molecule has 0 radical (unpaired) electrons. The fourth-order valence-electron chi connectivity index (χ4n) is 2.51. The van der Waals surface area contributed by atoms with Crippen molar-refractivity contribution in [2.75, 3.05) is 0 Å². The minimum Gasteiger partial charge on any atom is -0.314 e. The number of para-hydroxylation sites is 1. The Kier molecular flexibility index (Phi) is 3.53. The smallest absolute Gasteiger partial charge is 0.314 e. The van der Waals surface area contributed by atoms with E-state index >= 15 is 0 Å². The van der Waals surface area contributed by atoms with Gasteiger partial charge in [-0.05, 0) is 48.9 Å². The van der Waals surface area contributed by atoms with Gasteiger partial charge in [0, 0.05) is 11.4 Å². The molecule has 0 N–H and O–H groups in total. The maximum atomic E-state index is 12.7. The van der Waals surface area contributed by atoms with Crippen LogP contribution in [-0.2, 0) is 6.18 Å². The second-order valence-electron chi connectivity index (χ2n) is 5.11. The van der Waals surface area contributed by atoms with Gasteiger partial charge in [0.05, 0.1) is 11.3 Å². The molecule has 3 aromatic rings. The summed E-state index contributed by atoms with van der Waals surface area (Å²) < 4.78 is 40.0.